The monoisotopic (exact) mass is 454 g/mol. The molecule has 12 heteroatoms. The van der Waals surface area contributed by atoms with Crippen molar-refractivity contribution in [1.29, 1.82) is 0 Å². The summed E-state index contributed by atoms with van der Waals surface area (Å²) < 4.78 is 31.9. The third-order valence-corrected chi connectivity index (χ3v) is 5.37. The van der Waals surface area contributed by atoms with Crippen molar-refractivity contribution in [2.45, 2.75) is 13.0 Å². The van der Waals surface area contributed by atoms with Crippen molar-refractivity contribution in [3.05, 3.63) is 24.4 Å². The van der Waals surface area contributed by atoms with Gasteiger partial charge in [-0.1, -0.05) is 0 Å². The summed E-state index contributed by atoms with van der Waals surface area (Å²) in [6.45, 7) is 5.90. The number of ether oxygens (including phenoxy) is 2. The second-order valence-electron chi connectivity index (χ2n) is 6.75. The number of anilines is 1. The second-order valence-corrected chi connectivity index (χ2v) is 7.42. The standard InChI is InChI=1S/C18H27N5O4S.CH2O2/c1-13(12-20-21-28(24)25)22-6-8-23(9-7-22)16-4-5-19-15-11-18(27-3)17(26-2)10-14(15)16;2-1-3/h4-5,10-11,13,20-21H,6-9,12H2,1-3H3,(H,24,25);1H,(H,2,3)/p-1. The third-order valence-electron chi connectivity index (χ3n) is 5.06. The normalized spacial score (nSPS) is 16.2. The van der Waals surface area contributed by atoms with E-state index in [1.165, 1.54) is 0 Å². The van der Waals surface area contributed by atoms with Gasteiger partial charge in [0.25, 0.3) is 6.47 Å². The molecule has 0 amide bonds. The summed E-state index contributed by atoms with van der Waals surface area (Å²) in [6.07, 6.45) is 1.82. The summed E-state index contributed by atoms with van der Waals surface area (Å²) in [4.78, 5) is 19.7. The van der Waals surface area contributed by atoms with Crippen molar-refractivity contribution < 1.29 is 28.1 Å². The van der Waals surface area contributed by atoms with Crippen LogP contribution in [0.1, 0.15) is 6.92 Å². The van der Waals surface area contributed by atoms with Crippen LogP contribution in [-0.4, -0.2) is 83.2 Å². The van der Waals surface area contributed by atoms with E-state index in [1.807, 2.05) is 24.4 Å². The first kappa shape index (κ1) is 24.8. The summed E-state index contributed by atoms with van der Waals surface area (Å²) in [5, 5.41) is 7.92. The number of nitrogens with one attached hydrogen (secondary N) is 2. The molecule has 2 atom stereocenters. The van der Waals surface area contributed by atoms with Gasteiger partial charge in [0.15, 0.2) is 11.5 Å². The van der Waals surface area contributed by atoms with E-state index in [4.69, 9.17) is 19.4 Å². The summed E-state index contributed by atoms with van der Waals surface area (Å²) in [5.74, 6) is 1.35. The molecule has 31 heavy (non-hydrogen) atoms. The van der Waals surface area contributed by atoms with E-state index in [9.17, 15) is 8.76 Å². The van der Waals surface area contributed by atoms with Crippen LogP contribution in [0.4, 0.5) is 5.69 Å². The molecular weight excluding hydrogens is 426 g/mol. The molecule has 3 N–H and O–H groups in total. The topological polar surface area (TPSA) is 139 Å². The number of benzene rings is 1. The lowest BCUT2D eigenvalue weighted by Crippen LogP contribution is -2.53. The van der Waals surface area contributed by atoms with Crippen molar-refractivity contribution in [2.24, 2.45) is 0 Å². The molecule has 0 aliphatic carbocycles. The number of carboxylic acid groups (broad SMARTS) is 1. The van der Waals surface area contributed by atoms with Gasteiger partial charge in [-0.05, 0) is 19.1 Å². The van der Waals surface area contributed by atoms with Gasteiger partial charge < -0.3 is 24.0 Å². The Morgan fingerprint density at radius 1 is 1.26 bits per heavy atom. The molecule has 0 radical (unpaired) electrons. The highest BCUT2D eigenvalue weighted by Gasteiger charge is 2.22. The lowest BCUT2D eigenvalue weighted by atomic mass is 10.1. The number of hydrogen-bond acceptors (Lipinski definition) is 9. The first-order chi connectivity index (χ1) is 14.9. The Balaban J connectivity index is 0.00000107. The van der Waals surface area contributed by atoms with Gasteiger partial charge in [-0.2, -0.15) is 4.83 Å². The molecule has 1 saturated heterocycles. The number of carbonyl (C=O) groups is 1. The average molecular weight is 455 g/mol. The molecule has 1 aliphatic rings. The predicted molar refractivity (Wildman–Crippen MR) is 117 cm³/mol. The van der Waals surface area contributed by atoms with Crippen LogP contribution >= 0.6 is 0 Å². The van der Waals surface area contributed by atoms with Crippen LogP contribution in [-0.2, 0) is 16.1 Å². The van der Waals surface area contributed by atoms with Crippen molar-refractivity contribution >= 4 is 34.3 Å². The van der Waals surface area contributed by atoms with Gasteiger partial charge in [-0.3, -0.25) is 18.9 Å². The van der Waals surface area contributed by atoms with Crippen LogP contribution in [0.2, 0.25) is 0 Å². The third kappa shape index (κ3) is 6.74. The minimum absolute atomic E-state index is 0.219. The molecule has 2 heterocycles. The van der Waals surface area contributed by atoms with Crippen LogP contribution in [0.25, 0.3) is 10.9 Å². The zero-order chi connectivity index (χ0) is 22.8. The highest BCUT2D eigenvalue weighted by molar-refractivity contribution is 7.76. The number of nitrogens with zero attached hydrogens (tertiary/aromatic N) is 3. The fourth-order valence-electron chi connectivity index (χ4n) is 3.51. The van der Waals surface area contributed by atoms with E-state index in [2.05, 4.69) is 32.0 Å². The maximum absolute atomic E-state index is 10.5. The van der Waals surface area contributed by atoms with Crippen molar-refractivity contribution in [2.75, 3.05) is 51.8 Å². The van der Waals surface area contributed by atoms with E-state index >= 15 is 0 Å². The Morgan fingerprint density at radius 2 is 1.87 bits per heavy atom. The summed E-state index contributed by atoms with van der Waals surface area (Å²) in [5.41, 5.74) is 4.71. The Bertz CT molecular complexity index is 878. The largest absolute Gasteiger partial charge is 0.759 e. The van der Waals surface area contributed by atoms with Crippen LogP contribution in [0, 0.1) is 0 Å². The number of hydrogen-bond donors (Lipinski definition) is 3. The molecule has 1 aromatic carbocycles. The highest BCUT2D eigenvalue weighted by Crippen LogP contribution is 2.35. The molecule has 0 saturated carbocycles. The number of rotatable bonds is 8. The number of fused-ring (bicyclic) bond motifs is 1. The van der Waals surface area contributed by atoms with Crippen molar-refractivity contribution in [3.63, 3.8) is 0 Å². The smallest absolute Gasteiger partial charge is 0.290 e. The number of hydrazine groups is 1. The van der Waals surface area contributed by atoms with E-state index < -0.39 is 11.3 Å². The Labute approximate surface area is 183 Å². The van der Waals surface area contributed by atoms with Crippen molar-refractivity contribution in [3.8, 4) is 11.5 Å². The summed E-state index contributed by atoms with van der Waals surface area (Å²) in [6, 6.07) is 6.12. The first-order valence-electron chi connectivity index (χ1n) is 9.60. The first-order valence-corrected chi connectivity index (χ1v) is 10.7. The number of aromatic nitrogens is 1. The number of pyridine rings is 1. The second kappa shape index (κ2) is 12.4. The molecule has 172 valence electrons. The summed E-state index contributed by atoms with van der Waals surface area (Å²) in [7, 11) is 3.25. The maximum atomic E-state index is 10.5. The fourth-order valence-corrected chi connectivity index (χ4v) is 3.72. The Morgan fingerprint density at radius 3 is 2.45 bits per heavy atom. The average Bonchev–Trinajstić information content (AvgIpc) is 2.78. The van der Waals surface area contributed by atoms with Gasteiger partial charge in [-0.15, -0.1) is 0 Å². The zero-order valence-corrected chi connectivity index (χ0v) is 18.6. The predicted octanol–water partition coefficient (Wildman–Crippen LogP) is 0.352. The Hall–Kier alpha value is -2.51. The van der Waals surface area contributed by atoms with Gasteiger partial charge in [0.1, 0.15) is 0 Å². The number of piperazine rings is 1. The van der Waals surface area contributed by atoms with E-state index in [0.717, 1.165) is 42.8 Å². The molecule has 0 spiro atoms. The fraction of sp³-hybridized carbons (Fsp3) is 0.474. The van der Waals surface area contributed by atoms with Crippen LogP contribution in [0.5, 0.6) is 11.5 Å². The van der Waals surface area contributed by atoms with Gasteiger partial charge in [-0.25, -0.2) is 5.43 Å². The van der Waals surface area contributed by atoms with E-state index in [-0.39, 0.29) is 12.5 Å². The van der Waals surface area contributed by atoms with Crippen LogP contribution in [0.3, 0.4) is 0 Å². The molecule has 3 rings (SSSR count). The highest BCUT2D eigenvalue weighted by atomic mass is 32.2. The molecule has 2 aromatic rings. The van der Waals surface area contributed by atoms with E-state index in [0.29, 0.717) is 18.0 Å². The van der Waals surface area contributed by atoms with Crippen LogP contribution in [0.15, 0.2) is 24.4 Å². The Kier molecular flexibility index (Phi) is 9.88. The molecule has 1 aliphatic heterocycles. The zero-order valence-electron chi connectivity index (χ0n) is 17.7. The molecule has 11 nitrogen and oxygen atoms in total. The molecule has 2 unspecified atom stereocenters. The lowest BCUT2D eigenvalue weighted by Gasteiger charge is -2.39. The van der Waals surface area contributed by atoms with E-state index in [1.54, 1.807) is 14.2 Å². The SMILES string of the molecule is COc1cc2nccc(N3CCN(C(C)CNNS(=O)[O-])CC3)c2cc1OC.O=CO. The van der Waals surface area contributed by atoms with Crippen LogP contribution < -0.4 is 24.6 Å². The minimum atomic E-state index is -2.30. The van der Waals surface area contributed by atoms with Gasteiger partial charge in [0, 0.05) is 73.4 Å². The molecule has 1 aromatic heterocycles. The molecule has 0 bridgehead atoms. The van der Waals surface area contributed by atoms with Gasteiger partial charge >= 0.3 is 0 Å². The quantitative estimate of drug-likeness (QED) is 0.291. The van der Waals surface area contributed by atoms with Crippen molar-refractivity contribution in [1.82, 2.24) is 20.1 Å². The summed E-state index contributed by atoms with van der Waals surface area (Å²) >= 11 is -2.30. The molecule has 1 fully saturated rings. The minimum Gasteiger partial charge on any atom is -0.759 e. The van der Waals surface area contributed by atoms with Gasteiger partial charge in [0.05, 0.1) is 19.7 Å². The number of methoxy groups -OCH3 is 2. The van der Waals surface area contributed by atoms with Gasteiger partial charge in [0.2, 0.25) is 0 Å². The lowest BCUT2D eigenvalue weighted by molar-refractivity contribution is -0.122. The molecular formula is C19H28N5O6S-. The maximum Gasteiger partial charge on any atom is 0.290 e.